The van der Waals surface area contributed by atoms with Crippen LogP contribution in [0.4, 0.5) is 4.79 Å². The highest BCUT2D eigenvalue weighted by Gasteiger charge is 2.45. The minimum atomic E-state index is -0.908. The SMILES string of the molecule is CSC1(C(CC(=O)O)NC(=O)OCC2c3ccccc3-c3ccccc32)CCC1. The Morgan fingerprint density at radius 1 is 1.14 bits per heavy atom. The summed E-state index contributed by atoms with van der Waals surface area (Å²) in [6.07, 6.45) is 4.23. The van der Waals surface area contributed by atoms with Crippen molar-refractivity contribution in [3.8, 4) is 11.1 Å². The smallest absolute Gasteiger partial charge is 0.407 e. The van der Waals surface area contributed by atoms with Gasteiger partial charge in [0, 0.05) is 10.7 Å². The van der Waals surface area contributed by atoms with E-state index in [9.17, 15) is 14.7 Å². The van der Waals surface area contributed by atoms with Crippen molar-refractivity contribution >= 4 is 23.8 Å². The van der Waals surface area contributed by atoms with E-state index < -0.39 is 18.1 Å². The lowest BCUT2D eigenvalue weighted by Crippen LogP contribution is -2.55. The highest BCUT2D eigenvalue weighted by atomic mass is 32.2. The summed E-state index contributed by atoms with van der Waals surface area (Å²) < 4.78 is 5.40. The number of thioether (sulfide) groups is 1. The number of ether oxygens (including phenoxy) is 1. The average molecular weight is 412 g/mol. The van der Waals surface area contributed by atoms with E-state index in [4.69, 9.17) is 4.74 Å². The molecule has 152 valence electrons. The molecule has 1 unspecified atom stereocenters. The molecule has 2 N–H and O–H groups in total. The molecule has 2 aliphatic carbocycles. The zero-order valence-electron chi connectivity index (χ0n) is 16.4. The highest BCUT2D eigenvalue weighted by molar-refractivity contribution is 8.00. The van der Waals surface area contributed by atoms with Gasteiger partial charge in [0.05, 0.1) is 12.5 Å². The summed E-state index contributed by atoms with van der Waals surface area (Å²) in [5, 5.41) is 12.1. The summed E-state index contributed by atoms with van der Waals surface area (Å²) >= 11 is 1.64. The van der Waals surface area contributed by atoms with Crippen LogP contribution in [0.1, 0.15) is 42.7 Å². The van der Waals surface area contributed by atoms with E-state index in [1.165, 1.54) is 11.1 Å². The molecule has 2 aromatic rings. The third-order valence-corrected chi connectivity index (χ3v) is 7.76. The first kappa shape index (κ1) is 19.8. The maximum absolute atomic E-state index is 12.6. The number of alkyl carbamates (subject to hydrolysis) is 1. The number of benzene rings is 2. The first-order valence-corrected chi connectivity index (χ1v) is 11.1. The number of carbonyl (C=O) groups excluding carboxylic acids is 1. The number of carbonyl (C=O) groups is 2. The number of carboxylic acid groups (broad SMARTS) is 1. The van der Waals surface area contributed by atoms with E-state index in [-0.39, 0.29) is 23.7 Å². The number of aliphatic carboxylic acids is 1. The number of hydrogen-bond acceptors (Lipinski definition) is 4. The molecule has 29 heavy (non-hydrogen) atoms. The van der Waals surface area contributed by atoms with Gasteiger partial charge in [-0.1, -0.05) is 55.0 Å². The van der Waals surface area contributed by atoms with Gasteiger partial charge in [-0.25, -0.2) is 4.79 Å². The number of hydrogen-bond donors (Lipinski definition) is 2. The van der Waals surface area contributed by atoms with Crippen LogP contribution in [0.2, 0.25) is 0 Å². The summed E-state index contributed by atoms with van der Waals surface area (Å²) in [6.45, 7) is 0.228. The predicted molar refractivity (Wildman–Crippen MR) is 114 cm³/mol. The number of fused-ring (bicyclic) bond motifs is 3. The summed E-state index contributed by atoms with van der Waals surface area (Å²) in [7, 11) is 0. The Balaban J connectivity index is 1.46. The second-order valence-electron chi connectivity index (χ2n) is 7.74. The maximum Gasteiger partial charge on any atom is 0.407 e. The fourth-order valence-electron chi connectivity index (χ4n) is 4.55. The molecule has 0 saturated heterocycles. The van der Waals surface area contributed by atoms with E-state index in [1.54, 1.807) is 11.8 Å². The third kappa shape index (κ3) is 3.73. The minimum Gasteiger partial charge on any atom is -0.481 e. The van der Waals surface area contributed by atoms with E-state index in [0.29, 0.717) is 0 Å². The second kappa shape index (κ2) is 8.11. The van der Waals surface area contributed by atoms with Crippen LogP contribution < -0.4 is 5.32 Å². The molecular formula is C23H25NO4S. The normalized spacial score (nSPS) is 17.6. The monoisotopic (exact) mass is 411 g/mol. The van der Waals surface area contributed by atoms with E-state index in [0.717, 1.165) is 30.4 Å². The van der Waals surface area contributed by atoms with Crippen molar-refractivity contribution in [1.82, 2.24) is 5.32 Å². The summed E-state index contributed by atoms with van der Waals surface area (Å²) in [4.78, 5) is 23.9. The van der Waals surface area contributed by atoms with Crippen molar-refractivity contribution in [3.05, 3.63) is 59.7 Å². The standard InChI is InChI=1S/C23H25NO4S/c1-29-23(11-6-12-23)20(13-21(25)26)24-22(27)28-14-19-17-9-4-2-7-15(17)16-8-3-5-10-18(16)19/h2-5,7-10,19-20H,6,11-14H2,1H3,(H,24,27)(H,25,26). The number of amides is 1. The fourth-order valence-corrected chi connectivity index (χ4v) is 5.67. The lowest BCUT2D eigenvalue weighted by Gasteiger charge is -2.46. The van der Waals surface area contributed by atoms with Crippen LogP contribution in [0.25, 0.3) is 11.1 Å². The van der Waals surface area contributed by atoms with Crippen LogP contribution in [-0.4, -0.2) is 40.8 Å². The molecule has 1 atom stereocenters. The van der Waals surface area contributed by atoms with Crippen molar-refractivity contribution in [2.75, 3.05) is 12.9 Å². The van der Waals surface area contributed by atoms with E-state index >= 15 is 0 Å². The molecule has 5 nitrogen and oxygen atoms in total. The van der Waals surface area contributed by atoms with Crippen molar-refractivity contribution in [2.45, 2.75) is 42.4 Å². The third-order valence-electron chi connectivity index (χ3n) is 6.26. The Kier molecular flexibility index (Phi) is 5.54. The van der Waals surface area contributed by atoms with Crippen LogP contribution in [0.5, 0.6) is 0 Å². The zero-order valence-corrected chi connectivity index (χ0v) is 17.2. The van der Waals surface area contributed by atoms with Gasteiger partial charge in [0.2, 0.25) is 0 Å². The van der Waals surface area contributed by atoms with Gasteiger partial charge >= 0.3 is 12.1 Å². The molecule has 0 radical (unpaired) electrons. The molecule has 0 aliphatic heterocycles. The van der Waals surface area contributed by atoms with Crippen LogP contribution >= 0.6 is 11.8 Å². The minimum absolute atomic E-state index is 0.00992. The topological polar surface area (TPSA) is 75.6 Å². The Hall–Kier alpha value is -2.47. The molecule has 0 bridgehead atoms. The van der Waals surface area contributed by atoms with Gasteiger partial charge in [-0.15, -0.1) is 0 Å². The molecule has 6 heteroatoms. The largest absolute Gasteiger partial charge is 0.481 e. The highest BCUT2D eigenvalue weighted by Crippen LogP contribution is 2.47. The number of nitrogens with one attached hydrogen (secondary N) is 1. The molecule has 1 saturated carbocycles. The van der Waals surface area contributed by atoms with Crippen LogP contribution in [0.15, 0.2) is 48.5 Å². The average Bonchev–Trinajstić information content (AvgIpc) is 2.99. The van der Waals surface area contributed by atoms with Gasteiger partial charge < -0.3 is 15.2 Å². The first-order valence-electron chi connectivity index (χ1n) is 9.92. The zero-order chi connectivity index (χ0) is 20.4. The van der Waals surface area contributed by atoms with Gasteiger partial charge in [0.1, 0.15) is 6.61 Å². The molecular weight excluding hydrogens is 386 g/mol. The van der Waals surface area contributed by atoms with Crippen LogP contribution in [0.3, 0.4) is 0 Å². The van der Waals surface area contributed by atoms with Crippen LogP contribution in [-0.2, 0) is 9.53 Å². The molecule has 1 amide bonds. The lowest BCUT2D eigenvalue weighted by atomic mass is 9.77. The van der Waals surface area contributed by atoms with E-state index in [1.807, 2.05) is 30.5 Å². The number of rotatable bonds is 7. The Labute approximate surface area is 174 Å². The molecule has 0 heterocycles. The second-order valence-corrected chi connectivity index (χ2v) is 8.96. The Morgan fingerprint density at radius 3 is 2.21 bits per heavy atom. The Bertz CT molecular complexity index is 874. The van der Waals surface area contributed by atoms with Gasteiger partial charge in [0.25, 0.3) is 0 Å². The molecule has 0 aromatic heterocycles. The van der Waals surface area contributed by atoms with E-state index in [2.05, 4.69) is 29.6 Å². The van der Waals surface area contributed by atoms with Crippen LogP contribution in [0, 0.1) is 0 Å². The lowest BCUT2D eigenvalue weighted by molar-refractivity contribution is -0.137. The maximum atomic E-state index is 12.6. The molecule has 1 fully saturated rings. The molecule has 0 spiro atoms. The number of carboxylic acids is 1. The summed E-state index contributed by atoms with van der Waals surface area (Å²) in [6, 6.07) is 15.9. The van der Waals surface area contributed by atoms with Gasteiger partial charge in [-0.05, 0) is 41.4 Å². The van der Waals surface area contributed by atoms with Crippen molar-refractivity contribution in [1.29, 1.82) is 0 Å². The first-order chi connectivity index (χ1) is 14.0. The van der Waals surface area contributed by atoms with Crippen molar-refractivity contribution < 1.29 is 19.4 Å². The molecule has 2 aromatic carbocycles. The quantitative estimate of drug-likeness (QED) is 0.693. The predicted octanol–water partition coefficient (Wildman–Crippen LogP) is 4.65. The van der Waals surface area contributed by atoms with Gasteiger partial charge in [-0.2, -0.15) is 11.8 Å². The van der Waals surface area contributed by atoms with Crippen molar-refractivity contribution in [2.24, 2.45) is 0 Å². The summed E-state index contributed by atoms with van der Waals surface area (Å²) in [5.74, 6) is -0.918. The fraction of sp³-hybridized carbons (Fsp3) is 0.391. The van der Waals surface area contributed by atoms with Gasteiger partial charge in [-0.3, -0.25) is 4.79 Å². The van der Waals surface area contributed by atoms with Gasteiger partial charge in [0.15, 0.2) is 0 Å². The molecule has 4 rings (SSSR count). The Morgan fingerprint density at radius 2 is 1.72 bits per heavy atom. The summed E-state index contributed by atoms with van der Waals surface area (Å²) in [5.41, 5.74) is 4.67. The molecule has 2 aliphatic rings. The van der Waals surface area contributed by atoms with Crippen molar-refractivity contribution in [3.63, 3.8) is 0 Å².